The van der Waals surface area contributed by atoms with Crippen molar-refractivity contribution >= 4 is 0 Å². The molecule has 0 fully saturated rings. The van der Waals surface area contributed by atoms with Crippen LogP contribution in [-0.2, 0) is 6.61 Å². The van der Waals surface area contributed by atoms with Crippen molar-refractivity contribution in [3.63, 3.8) is 0 Å². The Kier molecular flexibility index (Phi) is 4.01. The van der Waals surface area contributed by atoms with Crippen molar-refractivity contribution < 1.29 is 14.6 Å². The minimum atomic E-state index is -0.0481. The van der Waals surface area contributed by atoms with Gasteiger partial charge in [0.1, 0.15) is 5.75 Å². The molecule has 0 aliphatic carbocycles. The van der Waals surface area contributed by atoms with E-state index >= 15 is 0 Å². The van der Waals surface area contributed by atoms with Gasteiger partial charge >= 0.3 is 0 Å². The summed E-state index contributed by atoms with van der Waals surface area (Å²) in [5, 5.41) is 17.8. The smallest absolute Gasteiger partial charge is 0.169 e. The number of nitrogens with zero attached hydrogens (tertiary/aromatic N) is 1. The predicted molar refractivity (Wildman–Crippen MR) is 70.1 cm³/mol. The van der Waals surface area contributed by atoms with E-state index in [1.54, 1.807) is 49.6 Å². The van der Waals surface area contributed by atoms with E-state index in [1.165, 1.54) is 0 Å². The summed E-state index contributed by atoms with van der Waals surface area (Å²) < 4.78 is 10.9. The number of methoxy groups -OCH3 is 1. The van der Waals surface area contributed by atoms with E-state index in [2.05, 4.69) is 0 Å². The van der Waals surface area contributed by atoms with Crippen LogP contribution in [-0.4, -0.2) is 12.2 Å². The van der Waals surface area contributed by atoms with E-state index < -0.39 is 0 Å². The monoisotopic (exact) mass is 255 g/mol. The molecule has 0 aliphatic heterocycles. The summed E-state index contributed by atoms with van der Waals surface area (Å²) in [6.45, 7) is -0.0481. The lowest BCUT2D eigenvalue weighted by atomic mass is 10.2. The number of benzene rings is 2. The van der Waals surface area contributed by atoms with Crippen LogP contribution >= 0.6 is 0 Å². The maximum atomic E-state index is 9.07. The Morgan fingerprint density at radius 3 is 2.42 bits per heavy atom. The van der Waals surface area contributed by atoms with Gasteiger partial charge in [0.15, 0.2) is 11.5 Å². The van der Waals surface area contributed by atoms with Gasteiger partial charge in [-0.1, -0.05) is 6.07 Å². The second kappa shape index (κ2) is 5.89. The van der Waals surface area contributed by atoms with Crippen LogP contribution in [0.1, 0.15) is 11.1 Å². The zero-order valence-corrected chi connectivity index (χ0v) is 10.5. The summed E-state index contributed by atoms with van der Waals surface area (Å²) in [7, 11) is 1.54. The number of hydrogen-bond acceptors (Lipinski definition) is 4. The number of ether oxygens (including phenoxy) is 2. The molecule has 0 heterocycles. The number of aliphatic hydroxyl groups is 1. The summed E-state index contributed by atoms with van der Waals surface area (Å²) >= 11 is 0. The Bertz CT molecular complexity index is 600. The SMILES string of the molecule is COc1cc(CO)ccc1Oc1ccc(C#N)cc1. The van der Waals surface area contributed by atoms with E-state index in [-0.39, 0.29) is 6.61 Å². The summed E-state index contributed by atoms with van der Waals surface area (Å²) in [5.41, 5.74) is 1.33. The average Bonchev–Trinajstić information content (AvgIpc) is 2.48. The Morgan fingerprint density at radius 1 is 1.11 bits per heavy atom. The molecule has 0 saturated carbocycles. The molecule has 2 aromatic carbocycles. The summed E-state index contributed by atoms with van der Waals surface area (Å²) in [6.07, 6.45) is 0. The van der Waals surface area contributed by atoms with Crippen molar-refractivity contribution in [2.24, 2.45) is 0 Å². The lowest BCUT2D eigenvalue weighted by Gasteiger charge is -2.11. The molecule has 4 nitrogen and oxygen atoms in total. The molecule has 2 rings (SSSR count). The van der Waals surface area contributed by atoms with Crippen LogP contribution in [0.25, 0.3) is 0 Å². The number of aliphatic hydroxyl groups excluding tert-OH is 1. The number of nitriles is 1. The van der Waals surface area contributed by atoms with Gasteiger partial charge in [0.05, 0.1) is 25.3 Å². The Balaban J connectivity index is 2.24. The summed E-state index contributed by atoms with van der Waals surface area (Å²) in [6, 6.07) is 14.1. The second-order valence-corrected chi connectivity index (χ2v) is 3.88. The third kappa shape index (κ3) is 3.03. The average molecular weight is 255 g/mol. The van der Waals surface area contributed by atoms with Gasteiger partial charge in [-0.15, -0.1) is 0 Å². The van der Waals surface area contributed by atoms with Crippen molar-refractivity contribution in [2.45, 2.75) is 6.61 Å². The van der Waals surface area contributed by atoms with Gasteiger partial charge in [-0.3, -0.25) is 0 Å². The third-order valence-electron chi connectivity index (χ3n) is 2.62. The molecule has 0 atom stereocenters. The standard InChI is InChI=1S/C15H13NO3/c1-18-15-8-12(10-17)4-7-14(15)19-13-5-2-11(9-16)3-6-13/h2-8,17H,10H2,1H3. The van der Waals surface area contributed by atoms with Gasteiger partial charge in [0.2, 0.25) is 0 Å². The molecule has 0 saturated heterocycles. The normalized spacial score (nSPS) is 9.74. The minimum absolute atomic E-state index is 0.0481. The molecule has 0 aliphatic rings. The predicted octanol–water partition coefficient (Wildman–Crippen LogP) is 2.85. The van der Waals surface area contributed by atoms with E-state index in [1.807, 2.05) is 6.07 Å². The maximum Gasteiger partial charge on any atom is 0.169 e. The first kappa shape index (κ1) is 12.9. The molecule has 96 valence electrons. The fourth-order valence-electron chi connectivity index (χ4n) is 1.62. The molecule has 0 aromatic heterocycles. The van der Waals surface area contributed by atoms with Crippen LogP contribution in [0.4, 0.5) is 0 Å². The molecule has 0 unspecified atom stereocenters. The maximum absolute atomic E-state index is 9.07. The number of hydrogen-bond donors (Lipinski definition) is 1. The highest BCUT2D eigenvalue weighted by Crippen LogP contribution is 2.32. The molecular weight excluding hydrogens is 242 g/mol. The molecule has 0 amide bonds. The Hall–Kier alpha value is -2.51. The zero-order chi connectivity index (χ0) is 13.7. The lowest BCUT2D eigenvalue weighted by Crippen LogP contribution is -1.92. The van der Waals surface area contributed by atoms with Gasteiger partial charge in [-0.25, -0.2) is 0 Å². The third-order valence-corrected chi connectivity index (χ3v) is 2.62. The molecule has 1 N–H and O–H groups in total. The zero-order valence-electron chi connectivity index (χ0n) is 10.5. The number of rotatable bonds is 4. The van der Waals surface area contributed by atoms with Gasteiger partial charge < -0.3 is 14.6 Å². The van der Waals surface area contributed by atoms with Crippen molar-refractivity contribution in [2.75, 3.05) is 7.11 Å². The topological polar surface area (TPSA) is 62.5 Å². The fraction of sp³-hybridized carbons (Fsp3) is 0.133. The first-order valence-corrected chi connectivity index (χ1v) is 5.72. The van der Waals surface area contributed by atoms with Crippen LogP contribution in [0.3, 0.4) is 0 Å². The van der Waals surface area contributed by atoms with E-state index in [9.17, 15) is 0 Å². The fourth-order valence-corrected chi connectivity index (χ4v) is 1.62. The Morgan fingerprint density at radius 2 is 1.84 bits per heavy atom. The summed E-state index contributed by atoms with van der Waals surface area (Å²) in [5.74, 6) is 1.73. The van der Waals surface area contributed by atoms with Crippen LogP contribution in [0.5, 0.6) is 17.2 Å². The first-order valence-electron chi connectivity index (χ1n) is 5.72. The summed E-state index contributed by atoms with van der Waals surface area (Å²) in [4.78, 5) is 0. The molecule has 0 spiro atoms. The highest BCUT2D eigenvalue weighted by atomic mass is 16.5. The van der Waals surface area contributed by atoms with Crippen LogP contribution in [0.15, 0.2) is 42.5 Å². The van der Waals surface area contributed by atoms with Crippen LogP contribution in [0.2, 0.25) is 0 Å². The minimum Gasteiger partial charge on any atom is -0.493 e. The molecule has 0 bridgehead atoms. The van der Waals surface area contributed by atoms with Crippen LogP contribution in [0, 0.1) is 11.3 Å². The Labute approximate surface area is 111 Å². The van der Waals surface area contributed by atoms with Gasteiger partial charge in [-0.05, 0) is 42.0 Å². The lowest BCUT2D eigenvalue weighted by molar-refractivity contribution is 0.280. The largest absolute Gasteiger partial charge is 0.493 e. The van der Waals surface area contributed by atoms with Gasteiger partial charge in [-0.2, -0.15) is 5.26 Å². The highest BCUT2D eigenvalue weighted by molar-refractivity contribution is 5.46. The highest BCUT2D eigenvalue weighted by Gasteiger charge is 2.06. The first-order chi connectivity index (χ1) is 9.26. The van der Waals surface area contributed by atoms with Crippen molar-refractivity contribution in [3.8, 4) is 23.3 Å². The van der Waals surface area contributed by atoms with E-state index in [0.29, 0.717) is 22.8 Å². The molecule has 0 radical (unpaired) electrons. The quantitative estimate of drug-likeness (QED) is 0.912. The molecule has 2 aromatic rings. The van der Waals surface area contributed by atoms with Crippen molar-refractivity contribution in [1.82, 2.24) is 0 Å². The van der Waals surface area contributed by atoms with Crippen molar-refractivity contribution in [3.05, 3.63) is 53.6 Å². The second-order valence-electron chi connectivity index (χ2n) is 3.88. The molecule has 4 heteroatoms. The van der Waals surface area contributed by atoms with Gasteiger partial charge in [0.25, 0.3) is 0 Å². The van der Waals surface area contributed by atoms with E-state index in [4.69, 9.17) is 19.8 Å². The van der Waals surface area contributed by atoms with Crippen LogP contribution < -0.4 is 9.47 Å². The molecular formula is C15H13NO3. The van der Waals surface area contributed by atoms with E-state index in [0.717, 1.165) is 5.56 Å². The molecule has 19 heavy (non-hydrogen) atoms. The van der Waals surface area contributed by atoms with Gasteiger partial charge in [0, 0.05) is 0 Å². The van der Waals surface area contributed by atoms with Crippen molar-refractivity contribution in [1.29, 1.82) is 5.26 Å².